The predicted molar refractivity (Wildman–Crippen MR) is 91.0 cm³/mol. The van der Waals surface area contributed by atoms with Gasteiger partial charge in [-0.25, -0.2) is 0 Å². The van der Waals surface area contributed by atoms with Gasteiger partial charge < -0.3 is 10.1 Å². The van der Waals surface area contributed by atoms with Gasteiger partial charge in [-0.3, -0.25) is 9.69 Å². The van der Waals surface area contributed by atoms with Gasteiger partial charge in [0.15, 0.2) is 0 Å². The molecule has 1 unspecified atom stereocenters. The standard InChI is InChI=1S/C19H28N2O2/c22-19(18-10-7-13-23-18)20-14-16-8-3-4-9-17(16)15-21-11-5-1-2-6-12-21/h3-4,8-9,18H,1-2,5-7,10-15H2,(H,20,22). The zero-order valence-corrected chi connectivity index (χ0v) is 13.9. The summed E-state index contributed by atoms with van der Waals surface area (Å²) in [6, 6.07) is 8.47. The van der Waals surface area contributed by atoms with E-state index in [0.717, 1.165) is 19.4 Å². The molecule has 3 rings (SSSR count). The molecule has 1 aromatic rings. The minimum atomic E-state index is -0.243. The minimum absolute atomic E-state index is 0.0343. The number of carbonyl (C=O) groups is 1. The Morgan fingerprint density at radius 1 is 1.09 bits per heavy atom. The fraction of sp³-hybridized carbons (Fsp3) is 0.632. The van der Waals surface area contributed by atoms with Gasteiger partial charge >= 0.3 is 0 Å². The number of likely N-dealkylation sites (tertiary alicyclic amines) is 1. The van der Waals surface area contributed by atoms with Gasteiger partial charge in [0.2, 0.25) is 5.91 Å². The summed E-state index contributed by atoms with van der Waals surface area (Å²) in [6.45, 7) is 4.69. The van der Waals surface area contributed by atoms with Crippen molar-refractivity contribution in [2.45, 2.75) is 57.7 Å². The van der Waals surface area contributed by atoms with Crippen molar-refractivity contribution >= 4 is 5.91 Å². The van der Waals surface area contributed by atoms with E-state index in [0.29, 0.717) is 13.2 Å². The molecular formula is C19H28N2O2. The van der Waals surface area contributed by atoms with E-state index in [9.17, 15) is 4.79 Å². The summed E-state index contributed by atoms with van der Waals surface area (Å²) in [4.78, 5) is 14.7. The summed E-state index contributed by atoms with van der Waals surface area (Å²) in [5, 5.41) is 3.05. The highest BCUT2D eigenvalue weighted by Gasteiger charge is 2.23. The van der Waals surface area contributed by atoms with Crippen LogP contribution in [0.2, 0.25) is 0 Å². The monoisotopic (exact) mass is 316 g/mol. The first-order valence-corrected chi connectivity index (χ1v) is 9.01. The van der Waals surface area contributed by atoms with E-state index in [1.54, 1.807) is 0 Å². The van der Waals surface area contributed by atoms with E-state index in [2.05, 4.69) is 34.5 Å². The third-order valence-corrected chi connectivity index (χ3v) is 4.89. The van der Waals surface area contributed by atoms with Gasteiger partial charge in [-0.2, -0.15) is 0 Å². The molecule has 2 aliphatic rings. The van der Waals surface area contributed by atoms with Crippen LogP contribution in [0.5, 0.6) is 0 Å². The molecular weight excluding hydrogens is 288 g/mol. The Morgan fingerprint density at radius 3 is 2.52 bits per heavy atom. The van der Waals surface area contributed by atoms with Crippen molar-refractivity contribution in [2.75, 3.05) is 19.7 Å². The second kappa shape index (κ2) is 8.46. The lowest BCUT2D eigenvalue weighted by molar-refractivity contribution is -0.130. The van der Waals surface area contributed by atoms with Crippen LogP contribution < -0.4 is 5.32 Å². The second-order valence-electron chi connectivity index (χ2n) is 6.68. The Bertz CT molecular complexity index is 504. The molecule has 0 aliphatic carbocycles. The molecule has 1 amide bonds. The number of rotatable bonds is 5. The molecule has 0 bridgehead atoms. The Kier molecular flexibility index (Phi) is 6.06. The number of benzene rings is 1. The highest BCUT2D eigenvalue weighted by atomic mass is 16.5. The van der Waals surface area contributed by atoms with Gasteiger partial charge in [-0.1, -0.05) is 37.1 Å². The van der Waals surface area contributed by atoms with Gasteiger partial charge in [0.25, 0.3) is 0 Å². The summed E-state index contributed by atoms with van der Waals surface area (Å²) in [5.74, 6) is 0.0343. The molecule has 126 valence electrons. The summed E-state index contributed by atoms with van der Waals surface area (Å²) in [5.41, 5.74) is 2.56. The summed E-state index contributed by atoms with van der Waals surface area (Å²) < 4.78 is 5.45. The number of carbonyl (C=O) groups excluding carboxylic acids is 1. The second-order valence-corrected chi connectivity index (χ2v) is 6.68. The van der Waals surface area contributed by atoms with E-state index in [4.69, 9.17) is 4.74 Å². The zero-order valence-electron chi connectivity index (χ0n) is 13.9. The molecule has 0 aromatic heterocycles. The molecule has 2 fully saturated rings. The first kappa shape index (κ1) is 16.5. The van der Waals surface area contributed by atoms with E-state index >= 15 is 0 Å². The van der Waals surface area contributed by atoms with Crippen molar-refractivity contribution in [3.05, 3.63) is 35.4 Å². The predicted octanol–water partition coefficient (Wildman–Crippen LogP) is 2.86. The summed E-state index contributed by atoms with van der Waals surface area (Å²) >= 11 is 0. The van der Waals surface area contributed by atoms with Gasteiger partial charge in [0.05, 0.1) is 0 Å². The quantitative estimate of drug-likeness (QED) is 0.908. The molecule has 4 nitrogen and oxygen atoms in total. The van der Waals surface area contributed by atoms with Crippen LogP contribution in [0.4, 0.5) is 0 Å². The Balaban J connectivity index is 1.57. The zero-order chi connectivity index (χ0) is 15.9. The molecule has 0 radical (unpaired) electrons. The first-order chi connectivity index (χ1) is 11.3. The van der Waals surface area contributed by atoms with E-state index in [1.807, 2.05) is 0 Å². The summed E-state index contributed by atoms with van der Waals surface area (Å²) in [7, 11) is 0. The van der Waals surface area contributed by atoms with E-state index in [-0.39, 0.29) is 12.0 Å². The van der Waals surface area contributed by atoms with Crippen LogP contribution in [-0.2, 0) is 22.6 Å². The summed E-state index contributed by atoms with van der Waals surface area (Å²) in [6.07, 6.45) is 6.92. The maximum Gasteiger partial charge on any atom is 0.249 e. The third-order valence-electron chi connectivity index (χ3n) is 4.89. The normalized spacial score (nSPS) is 22.7. The van der Waals surface area contributed by atoms with Crippen LogP contribution in [0, 0.1) is 0 Å². The Labute approximate surface area is 139 Å². The fourth-order valence-electron chi connectivity index (χ4n) is 3.50. The van der Waals surface area contributed by atoms with Gasteiger partial charge in [0.1, 0.15) is 6.10 Å². The molecule has 4 heteroatoms. The van der Waals surface area contributed by atoms with E-state index in [1.165, 1.54) is 49.9 Å². The van der Waals surface area contributed by atoms with Gasteiger partial charge in [0, 0.05) is 19.7 Å². The lowest BCUT2D eigenvalue weighted by atomic mass is 10.1. The van der Waals surface area contributed by atoms with Crippen molar-refractivity contribution in [3.8, 4) is 0 Å². The molecule has 0 spiro atoms. The fourth-order valence-corrected chi connectivity index (χ4v) is 3.50. The molecule has 1 N–H and O–H groups in total. The average Bonchev–Trinajstić information content (AvgIpc) is 3.00. The van der Waals surface area contributed by atoms with Crippen LogP contribution in [0.15, 0.2) is 24.3 Å². The smallest absolute Gasteiger partial charge is 0.249 e. The molecule has 1 aromatic carbocycles. The number of hydrogen-bond acceptors (Lipinski definition) is 3. The maximum absolute atomic E-state index is 12.1. The molecule has 2 saturated heterocycles. The van der Waals surface area contributed by atoms with Gasteiger partial charge in [-0.05, 0) is 49.9 Å². The van der Waals surface area contributed by atoms with E-state index < -0.39 is 0 Å². The highest BCUT2D eigenvalue weighted by Crippen LogP contribution is 2.17. The van der Waals surface area contributed by atoms with Crippen molar-refractivity contribution in [2.24, 2.45) is 0 Å². The Morgan fingerprint density at radius 2 is 1.83 bits per heavy atom. The number of nitrogens with one attached hydrogen (secondary N) is 1. The van der Waals surface area contributed by atoms with Crippen molar-refractivity contribution in [3.63, 3.8) is 0 Å². The van der Waals surface area contributed by atoms with Crippen LogP contribution >= 0.6 is 0 Å². The number of hydrogen-bond donors (Lipinski definition) is 1. The number of ether oxygens (including phenoxy) is 1. The van der Waals surface area contributed by atoms with Crippen LogP contribution in [0.3, 0.4) is 0 Å². The number of amides is 1. The lowest BCUT2D eigenvalue weighted by Gasteiger charge is -2.22. The number of nitrogens with zero attached hydrogens (tertiary/aromatic N) is 1. The SMILES string of the molecule is O=C(NCc1ccccc1CN1CCCCCC1)C1CCCO1. The topological polar surface area (TPSA) is 41.6 Å². The molecule has 2 heterocycles. The van der Waals surface area contributed by atoms with Crippen LogP contribution in [-0.4, -0.2) is 36.6 Å². The highest BCUT2D eigenvalue weighted by molar-refractivity contribution is 5.80. The third kappa shape index (κ3) is 4.79. The minimum Gasteiger partial charge on any atom is -0.368 e. The molecule has 23 heavy (non-hydrogen) atoms. The molecule has 1 atom stereocenters. The Hall–Kier alpha value is -1.39. The lowest BCUT2D eigenvalue weighted by Crippen LogP contribution is -2.34. The average molecular weight is 316 g/mol. The first-order valence-electron chi connectivity index (χ1n) is 9.01. The van der Waals surface area contributed by atoms with Gasteiger partial charge in [-0.15, -0.1) is 0 Å². The van der Waals surface area contributed by atoms with Crippen molar-refractivity contribution < 1.29 is 9.53 Å². The maximum atomic E-state index is 12.1. The van der Waals surface area contributed by atoms with Crippen molar-refractivity contribution in [1.29, 1.82) is 0 Å². The van der Waals surface area contributed by atoms with Crippen LogP contribution in [0.1, 0.15) is 49.7 Å². The van der Waals surface area contributed by atoms with Crippen LogP contribution in [0.25, 0.3) is 0 Å². The van der Waals surface area contributed by atoms with Crippen molar-refractivity contribution in [1.82, 2.24) is 10.2 Å². The largest absolute Gasteiger partial charge is 0.368 e. The molecule has 2 aliphatic heterocycles. The molecule has 0 saturated carbocycles.